The van der Waals surface area contributed by atoms with E-state index in [0.29, 0.717) is 11.1 Å². The van der Waals surface area contributed by atoms with E-state index in [2.05, 4.69) is 10.6 Å². The Labute approximate surface area is 175 Å². The second kappa shape index (κ2) is 9.52. The molecule has 0 heterocycles. The summed E-state index contributed by atoms with van der Waals surface area (Å²) in [5.41, 5.74) is 1.69. The van der Waals surface area contributed by atoms with E-state index in [1.54, 1.807) is 38.1 Å². The van der Waals surface area contributed by atoms with Crippen molar-refractivity contribution in [2.45, 2.75) is 38.1 Å². The summed E-state index contributed by atoms with van der Waals surface area (Å²) >= 11 is 0. The van der Waals surface area contributed by atoms with E-state index in [1.807, 2.05) is 36.4 Å². The molecule has 2 aromatic carbocycles. The Bertz CT molecular complexity index is 874. The third-order valence-electron chi connectivity index (χ3n) is 5.08. The van der Waals surface area contributed by atoms with Crippen LogP contribution in [-0.4, -0.2) is 33.9 Å². The maximum absolute atomic E-state index is 12.5. The lowest BCUT2D eigenvalue weighted by Crippen LogP contribution is -2.39. The van der Waals surface area contributed by atoms with Gasteiger partial charge in [-0.3, -0.25) is 9.59 Å². The molecule has 4 N–H and O–H groups in total. The minimum absolute atomic E-state index is 0.129. The highest BCUT2D eigenvalue weighted by atomic mass is 16.3. The van der Waals surface area contributed by atoms with Crippen molar-refractivity contribution in [3.05, 3.63) is 95.3 Å². The highest BCUT2D eigenvalue weighted by Gasteiger charge is 2.26. The number of benzene rings is 2. The first kappa shape index (κ1) is 21.5. The van der Waals surface area contributed by atoms with Gasteiger partial charge in [-0.2, -0.15) is 0 Å². The molecule has 1 aliphatic rings. The van der Waals surface area contributed by atoms with Crippen LogP contribution in [0.1, 0.15) is 37.2 Å². The average molecular weight is 406 g/mol. The Morgan fingerprint density at radius 2 is 0.967 bits per heavy atom. The first-order chi connectivity index (χ1) is 14.4. The Hall–Kier alpha value is -3.22. The van der Waals surface area contributed by atoms with Crippen LogP contribution in [-0.2, 0) is 9.59 Å². The Morgan fingerprint density at radius 1 is 0.633 bits per heavy atom. The maximum atomic E-state index is 12.5. The van der Waals surface area contributed by atoms with Crippen LogP contribution in [0.25, 0.3) is 0 Å². The molecule has 4 unspecified atom stereocenters. The number of nitrogens with one attached hydrogen (secondary N) is 2. The zero-order chi connectivity index (χ0) is 21.7. The summed E-state index contributed by atoms with van der Waals surface area (Å²) in [5.74, 6) is -0.740. The normalized spacial score (nSPS) is 18.0. The molecule has 0 saturated carbocycles. The number of aliphatic hydroxyl groups excluding tert-OH is 2. The van der Waals surface area contributed by atoms with Crippen molar-refractivity contribution in [2.75, 3.05) is 0 Å². The third kappa shape index (κ3) is 5.03. The summed E-state index contributed by atoms with van der Waals surface area (Å²) in [6.07, 6.45) is 0.778. The molecular formula is C24H26N2O4. The van der Waals surface area contributed by atoms with Crippen LogP contribution >= 0.6 is 0 Å². The molecule has 3 rings (SSSR count). The van der Waals surface area contributed by atoms with E-state index < -0.39 is 24.3 Å². The fraction of sp³-hybridized carbons (Fsp3) is 0.250. The number of hydrogen-bond acceptors (Lipinski definition) is 6. The molecule has 0 radical (unpaired) electrons. The van der Waals surface area contributed by atoms with E-state index in [1.165, 1.54) is 12.2 Å². The predicted molar refractivity (Wildman–Crippen MR) is 114 cm³/mol. The molecule has 2 aromatic rings. The summed E-state index contributed by atoms with van der Waals surface area (Å²) < 4.78 is 0. The molecule has 0 fully saturated rings. The molecule has 6 heteroatoms. The fourth-order valence-corrected chi connectivity index (χ4v) is 3.31. The molecule has 6 nitrogen and oxygen atoms in total. The van der Waals surface area contributed by atoms with Gasteiger partial charge in [-0.1, -0.05) is 60.7 Å². The lowest BCUT2D eigenvalue weighted by molar-refractivity contribution is -0.115. The summed E-state index contributed by atoms with van der Waals surface area (Å²) in [7, 11) is 0. The van der Waals surface area contributed by atoms with Crippen molar-refractivity contribution < 1.29 is 19.8 Å². The molecule has 1 aliphatic carbocycles. The minimum Gasteiger partial charge on any atom is -0.386 e. The van der Waals surface area contributed by atoms with Gasteiger partial charge in [0.15, 0.2) is 0 Å². The lowest BCUT2D eigenvalue weighted by Gasteiger charge is -2.26. The summed E-state index contributed by atoms with van der Waals surface area (Å²) in [6, 6.07) is 17.3. The monoisotopic (exact) mass is 406 g/mol. The van der Waals surface area contributed by atoms with Gasteiger partial charge in [0.1, 0.15) is 0 Å². The quantitative estimate of drug-likeness (QED) is 0.502. The van der Waals surface area contributed by atoms with Crippen molar-refractivity contribution >= 4 is 11.6 Å². The van der Waals surface area contributed by atoms with Crippen molar-refractivity contribution in [1.29, 1.82) is 0 Å². The molecule has 0 bridgehead atoms. The highest BCUT2D eigenvalue weighted by molar-refractivity contribution is 6.19. The van der Waals surface area contributed by atoms with Gasteiger partial charge in [-0.05, 0) is 25.0 Å². The predicted octanol–water partition coefficient (Wildman–Crippen LogP) is 2.33. The van der Waals surface area contributed by atoms with Crippen LogP contribution in [0.15, 0.2) is 84.2 Å². The van der Waals surface area contributed by atoms with E-state index >= 15 is 0 Å². The summed E-state index contributed by atoms with van der Waals surface area (Å²) in [6.45, 7) is 3.48. The standard InChI is InChI=1S/C24H26N2O4/c1-15(23(29)17-9-5-3-6-10-17)25-19-13-22(28)20(14-21(19)27)26-16(2)24(30)18-11-7-4-8-12-18/h3-16,23-26,29-30H,1-2H3. The fourth-order valence-electron chi connectivity index (χ4n) is 3.31. The van der Waals surface area contributed by atoms with Crippen molar-refractivity contribution in [3.8, 4) is 0 Å². The number of ketones is 2. The van der Waals surface area contributed by atoms with Crippen molar-refractivity contribution in [2.24, 2.45) is 0 Å². The van der Waals surface area contributed by atoms with Gasteiger partial charge < -0.3 is 20.8 Å². The molecule has 4 atom stereocenters. The molecule has 156 valence electrons. The zero-order valence-corrected chi connectivity index (χ0v) is 16.9. The third-order valence-corrected chi connectivity index (χ3v) is 5.08. The van der Waals surface area contributed by atoms with E-state index in [9.17, 15) is 19.8 Å². The van der Waals surface area contributed by atoms with Crippen LogP contribution < -0.4 is 10.6 Å². The van der Waals surface area contributed by atoms with E-state index in [-0.39, 0.29) is 23.0 Å². The van der Waals surface area contributed by atoms with E-state index in [0.717, 1.165) is 0 Å². The Morgan fingerprint density at radius 3 is 1.30 bits per heavy atom. The van der Waals surface area contributed by atoms with Gasteiger partial charge in [-0.15, -0.1) is 0 Å². The second-order valence-electron chi connectivity index (χ2n) is 7.42. The topological polar surface area (TPSA) is 98.7 Å². The molecule has 0 saturated heterocycles. The number of carbonyl (C=O) groups excluding carboxylic acids is 2. The van der Waals surface area contributed by atoms with Crippen LogP contribution in [0.5, 0.6) is 0 Å². The molecule has 30 heavy (non-hydrogen) atoms. The smallest absolute Gasteiger partial charge is 0.203 e. The molecule has 0 amide bonds. The highest BCUT2D eigenvalue weighted by Crippen LogP contribution is 2.20. The van der Waals surface area contributed by atoms with Gasteiger partial charge in [-0.25, -0.2) is 0 Å². The number of allylic oxidation sites excluding steroid dienone is 2. The van der Waals surface area contributed by atoms with Crippen LogP contribution in [0.4, 0.5) is 0 Å². The summed E-state index contributed by atoms with van der Waals surface area (Å²) in [5, 5.41) is 26.8. The number of rotatable bonds is 8. The van der Waals surface area contributed by atoms with Crippen molar-refractivity contribution in [3.63, 3.8) is 0 Å². The van der Waals surface area contributed by atoms with Gasteiger partial charge in [0.2, 0.25) is 11.6 Å². The molecule has 0 spiro atoms. The number of hydrogen-bond donors (Lipinski definition) is 4. The van der Waals surface area contributed by atoms with Gasteiger partial charge in [0.25, 0.3) is 0 Å². The first-order valence-corrected chi connectivity index (χ1v) is 9.88. The number of carbonyl (C=O) groups is 2. The van der Waals surface area contributed by atoms with Gasteiger partial charge in [0.05, 0.1) is 35.7 Å². The Kier molecular flexibility index (Phi) is 6.82. The molecule has 0 aromatic heterocycles. The van der Waals surface area contributed by atoms with E-state index in [4.69, 9.17) is 0 Å². The van der Waals surface area contributed by atoms with Gasteiger partial charge in [0, 0.05) is 12.2 Å². The van der Waals surface area contributed by atoms with Crippen molar-refractivity contribution in [1.82, 2.24) is 10.6 Å². The van der Waals surface area contributed by atoms with Crippen LogP contribution in [0.2, 0.25) is 0 Å². The second-order valence-corrected chi connectivity index (χ2v) is 7.42. The average Bonchev–Trinajstić information content (AvgIpc) is 2.77. The Balaban J connectivity index is 1.64. The first-order valence-electron chi connectivity index (χ1n) is 9.88. The van der Waals surface area contributed by atoms with Crippen LogP contribution in [0.3, 0.4) is 0 Å². The maximum Gasteiger partial charge on any atom is 0.203 e. The molecule has 0 aliphatic heterocycles. The zero-order valence-electron chi connectivity index (χ0n) is 16.9. The minimum atomic E-state index is -0.834. The van der Waals surface area contributed by atoms with Gasteiger partial charge >= 0.3 is 0 Å². The SMILES string of the molecule is CC(NC1=CC(=O)C(NC(C)C(O)c2ccccc2)=CC1=O)C(O)c1ccccc1. The lowest BCUT2D eigenvalue weighted by atomic mass is 10.00. The van der Waals surface area contributed by atoms with Crippen LogP contribution in [0, 0.1) is 0 Å². The molecular weight excluding hydrogens is 380 g/mol. The largest absolute Gasteiger partial charge is 0.386 e. The summed E-state index contributed by atoms with van der Waals surface area (Å²) in [4.78, 5) is 25.0. The number of aliphatic hydroxyl groups is 2.